The van der Waals surface area contributed by atoms with E-state index in [2.05, 4.69) is 5.32 Å². The Hall–Kier alpha value is -2.86. The highest BCUT2D eigenvalue weighted by molar-refractivity contribution is 6.30. The van der Waals surface area contributed by atoms with Gasteiger partial charge in [0.05, 0.1) is 5.56 Å². The van der Waals surface area contributed by atoms with Crippen molar-refractivity contribution in [1.82, 2.24) is 0 Å². The molecule has 0 fully saturated rings. The molecule has 0 saturated heterocycles. The molecule has 2 rings (SSSR count). The van der Waals surface area contributed by atoms with Crippen LogP contribution < -0.4 is 10.1 Å². The molecule has 0 atom stereocenters. The number of rotatable bonds is 6. The second-order valence-corrected chi connectivity index (χ2v) is 5.35. The molecule has 24 heavy (non-hydrogen) atoms. The van der Waals surface area contributed by atoms with Gasteiger partial charge in [-0.25, -0.2) is 4.79 Å². The van der Waals surface area contributed by atoms with E-state index < -0.39 is 11.9 Å². The lowest BCUT2D eigenvalue weighted by atomic mass is 10.0. The van der Waals surface area contributed by atoms with Crippen molar-refractivity contribution in [2.24, 2.45) is 0 Å². The highest BCUT2D eigenvalue weighted by atomic mass is 35.5. The van der Waals surface area contributed by atoms with Crippen LogP contribution in [0.1, 0.15) is 27.6 Å². The van der Waals surface area contributed by atoms with Crippen LogP contribution >= 0.6 is 11.6 Å². The topological polar surface area (TPSA) is 92.7 Å². The molecule has 0 aromatic heterocycles. The SMILES string of the molecule is CC(=O)c1ccc(NC(=O)COc2ccc(Cl)cc2)cc1C(=O)O. The average Bonchev–Trinajstić information content (AvgIpc) is 2.54. The Morgan fingerprint density at radius 1 is 1.08 bits per heavy atom. The summed E-state index contributed by atoms with van der Waals surface area (Å²) in [5.74, 6) is -1.59. The minimum absolute atomic E-state index is 0.0814. The summed E-state index contributed by atoms with van der Waals surface area (Å²) in [4.78, 5) is 34.5. The van der Waals surface area contributed by atoms with Gasteiger partial charge in [-0.3, -0.25) is 9.59 Å². The number of anilines is 1. The number of amides is 1. The molecule has 2 aromatic rings. The Morgan fingerprint density at radius 3 is 2.33 bits per heavy atom. The van der Waals surface area contributed by atoms with Gasteiger partial charge in [-0.2, -0.15) is 0 Å². The van der Waals surface area contributed by atoms with E-state index in [-0.39, 0.29) is 29.2 Å². The second-order valence-electron chi connectivity index (χ2n) is 4.91. The van der Waals surface area contributed by atoms with E-state index in [1.165, 1.54) is 25.1 Å². The van der Waals surface area contributed by atoms with Gasteiger partial charge in [-0.1, -0.05) is 11.6 Å². The van der Waals surface area contributed by atoms with Gasteiger partial charge in [0.25, 0.3) is 5.91 Å². The minimum atomic E-state index is -1.24. The monoisotopic (exact) mass is 347 g/mol. The lowest BCUT2D eigenvalue weighted by Crippen LogP contribution is -2.20. The first-order chi connectivity index (χ1) is 11.4. The lowest BCUT2D eigenvalue weighted by Gasteiger charge is -2.09. The van der Waals surface area contributed by atoms with Crippen LogP contribution in [0, 0.1) is 0 Å². The molecule has 0 saturated carbocycles. The number of ketones is 1. The van der Waals surface area contributed by atoms with Gasteiger partial charge in [-0.05, 0) is 49.4 Å². The summed E-state index contributed by atoms with van der Waals surface area (Å²) < 4.78 is 5.29. The predicted molar refractivity (Wildman–Crippen MR) is 89.0 cm³/mol. The van der Waals surface area contributed by atoms with E-state index in [9.17, 15) is 14.4 Å². The van der Waals surface area contributed by atoms with Crippen LogP contribution in [0.3, 0.4) is 0 Å². The minimum Gasteiger partial charge on any atom is -0.484 e. The van der Waals surface area contributed by atoms with Gasteiger partial charge in [0.15, 0.2) is 12.4 Å². The molecule has 0 spiro atoms. The molecule has 0 unspecified atom stereocenters. The van der Waals surface area contributed by atoms with Gasteiger partial charge in [0, 0.05) is 16.3 Å². The fourth-order valence-electron chi connectivity index (χ4n) is 1.98. The van der Waals surface area contributed by atoms with Gasteiger partial charge in [-0.15, -0.1) is 0 Å². The number of hydrogen-bond acceptors (Lipinski definition) is 4. The predicted octanol–water partition coefficient (Wildman–Crippen LogP) is 3.26. The third-order valence-electron chi connectivity index (χ3n) is 3.10. The van der Waals surface area contributed by atoms with Crippen LogP contribution in [0.25, 0.3) is 0 Å². The van der Waals surface area contributed by atoms with Crippen molar-refractivity contribution < 1.29 is 24.2 Å². The third kappa shape index (κ3) is 4.57. The van der Waals surface area contributed by atoms with Crippen LogP contribution in [0.5, 0.6) is 5.75 Å². The number of carboxylic acids is 1. The quantitative estimate of drug-likeness (QED) is 0.782. The fraction of sp³-hybridized carbons (Fsp3) is 0.118. The van der Waals surface area contributed by atoms with Crippen molar-refractivity contribution in [2.45, 2.75) is 6.92 Å². The molecule has 6 nitrogen and oxygen atoms in total. The maximum absolute atomic E-state index is 11.9. The zero-order valence-electron chi connectivity index (χ0n) is 12.7. The number of carbonyl (C=O) groups is 3. The number of nitrogens with one attached hydrogen (secondary N) is 1. The van der Waals surface area contributed by atoms with E-state index in [4.69, 9.17) is 21.4 Å². The summed E-state index contributed by atoms with van der Waals surface area (Å²) in [5, 5.41) is 12.2. The molecule has 7 heteroatoms. The van der Waals surface area contributed by atoms with Crippen LogP contribution in [-0.2, 0) is 4.79 Å². The molecular formula is C17H14ClNO5. The summed E-state index contributed by atoms with van der Waals surface area (Å²) in [6.07, 6.45) is 0. The van der Waals surface area contributed by atoms with E-state index in [0.717, 1.165) is 0 Å². The lowest BCUT2D eigenvalue weighted by molar-refractivity contribution is -0.118. The van der Waals surface area contributed by atoms with Crippen LogP contribution in [0.4, 0.5) is 5.69 Å². The zero-order valence-corrected chi connectivity index (χ0v) is 13.5. The fourth-order valence-corrected chi connectivity index (χ4v) is 2.11. The summed E-state index contributed by atoms with van der Waals surface area (Å²) in [6, 6.07) is 10.6. The highest BCUT2D eigenvalue weighted by Gasteiger charge is 2.15. The van der Waals surface area contributed by atoms with E-state index in [1.54, 1.807) is 24.3 Å². The van der Waals surface area contributed by atoms with Gasteiger partial charge >= 0.3 is 5.97 Å². The number of Topliss-reactive ketones (excluding diaryl/α,β-unsaturated/α-hetero) is 1. The first kappa shape index (κ1) is 17.5. The number of hydrogen-bond donors (Lipinski definition) is 2. The standard InChI is InChI=1S/C17H14ClNO5/c1-10(20)14-7-4-12(8-15(14)17(22)23)19-16(21)9-24-13-5-2-11(18)3-6-13/h2-8H,9H2,1H3,(H,19,21)(H,22,23). The molecule has 1 amide bonds. The molecular weight excluding hydrogens is 334 g/mol. The first-order valence-corrected chi connectivity index (χ1v) is 7.31. The van der Waals surface area contributed by atoms with Crippen molar-refractivity contribution in [3.63, 3.8) is 0 Å². The second kappa shape index (κ2) is 7.61. The summed E-state index contributed by atoms with van der Waals surface area (Å²) in [7, 11) is 0. The Bertz CT molecular complexity index is 786. The Kier molecular flexibility index (Phi) is 5.55. The molecule has 0 radical (unpaired) electrons. The van der Waals surface area contributed by atoms with E-state index in [0.29, 0.717) is 10.8 Å². The van der Waals surface area contributed by atoms with Crippen LogP contribution in [0.2, 0.25) is 5.02 Å². The zero-order chi connectivity index (χ0) is 17.7. The van der Waals surface area contributed by atoms with Gasteiger partial charge in [0.2, 0.25) is 0 Å². The maximum atomic E-state index is 11.9. The Balaban J connectivity index is 2.03. The average molecular weight is 348 g/mol. The number of aromatic carboxylic acids is 1. The largest absolute Gasteiger partial charge is 0.484 e. The van der Waals surface area contributed by atoms with Gasteiger partial charge < -0.3 is 15.2 Å². The first-order valence-electron chi connectivity index (χ1n) is 6.93. The number of benzene rings is 2. The highest BCUT2D eigenvalue weighted by Crippen LogP contribution is 2.18. The molecule has 0 aliphatic heterocycles. The molecule has 0 heterocycles. The number of halogens is 1. The number of ether oxygens (including phenoxy) is 1. The van der Waals surface area contributed by atoms with Gasteiger partial charge in [0.1, 0.15) is 5.75 Å². The summed E-state index contributed by atoms with van der Waals surface area (Å²) in [6.45, 7) is 1.03. The van der Waals surface area contributed by atoms with Crippen LogP contribution in [0.15, 0.2) is 42.5 Å². The third-order valence-corrected chi connectivity index (χ3v) is 3.35. The van der Waals surface area contributed by atoms with E-state index >= 15 is 0 Å². The summed E-state index contributed by atoms with van der Waals surface area (Å²) in [5.41, 5.74) is 0.180. The maximum Gasteiger partial charge on any atom is 0.336 e. The smallest absolute Gasteiger partial charge is 0.336 e. The van der Waals surface area contributed by atoms with Crippen molar-refractivity contribution >= 4 is 34.9 Å². The Morgan fingerprint density at radius 2 is 1.75 bits per heavy atom. The molecule has 124 valence electrons. The Labute approximate surface area is 143 Å². The number of carboxylic acid groups (broad SMARTS) is 1. The van der Waals surface area contributed by atoms with Crippen LogP contribution in [-0.4, -0.2) is 29.4 Å². The summed E-state index contributed by atoms with van der Waals surface area (Å²) >= 11 is 5.75. The molecule has 0 aliphatic carbocycles. The molecule has 2 aromatic carbocycles. The molecule has 0 aliphatic rings. The molecule has 0 bridgehead atoms. The van der Waals surface area contributed by atoms with Crippen molar-refractivity contribution in [1.29, 1.82) is 0 Å². The normalized spacial score (nSPS) is 10.1. The molecule has 2 N–H and O–H groups in total. The van der Waals surface area contributed by atoms with E-state index in [1.807, 2.05) is 0 Å². The van der Waals surface area contributed by atoms with Crippen molar-refractivity contribution in [3.8, 4) is 5.75 Å². The van der Waals surface area contributed by atoms with Crippen molar-refractivity contribution in [3.05, 3.63) is 58.6 Å². The number of carbonyl (C=O) groups excluding carboxylic acids is 2. The van der Waals surface area contributed by atoms with Crippen molar-refractivity contribution in [2.75, 3.05) is 11.9 Å².